The van der Waals surface area contributed by atoms with Crippen LogP contribution in [0.2, 0.25) is 0 Å². The number of ether oxygens (including phenoxy) is 1. The normalized spacial score (nSPS) is 15.4. The van der Waals surface area contributed by atoms with E-state index in [9.17, 15) is 14.4 Å². The van der Waals surface area contributed by atoms with Crippen molar-refractivity contribution in [3.05, 3.63) is 65.7 Å². The molecule has 0 unspecified atom stereocenters. The third-order valence-electron chi connectivity index (χ3n) is 5.55. The molecular weight excluding hydrogens is 380 g/mol. The molecule has 6 nitrogen and oxygen atoms in total. The number of amides is 2. The zero-order chi connectivity index (χ0) is 21.7. The summed E-state index contributed by atoms with van der Waals surface area (Å²) in [5.41, 5.74) is 1.10. The molecule has 6 heteroatoms. The number of rotatable bonds is 5. The molecule has 1 saturated heterocycles. The van der Waals surface area contributed by atoms with Crippen LogP contribution in [0.25, 0.3) is 0 Å². The average Bonchev–Trinajstić information content (AvgIpc) is 2.78. The zero-order valence-electron chi connectivity index (χ0n) is 17.7. The molecule has 0 spiro atoms. The van der Waals surface area contributed by atoms with Crippen molar-refractivity contribution in [3.8, 4) is 0 Å². The fourth-order valence-corrected chi connectivity index (χ4v) is 3.56. The van der Waals surface area contributed by atoms with Crippen molar-refractivity contribution in [2.24, 2.45) is 5.92 Å². The second-order valence-electron chi connectivity index (χ2n) is 7.80. The van der Waals surface area contributed by atoms with Crippen molar-refractivity contribution in [2.45, 2.75) is 32.8 Å². The molecule has 2 aromatic carbocycles. The number of benzene rings is 2. The van der Waals surface area contributed by atoms with Crippen molar-refractivity contribution in [1.29, 1.82) is 0 Å². The highest BCUT2D eigenvalue weighted by atomic mass is 16.5. The number of likely N-dealkylation sites (tertiary alicyclic amines) is 1. The van der Waals surface area contributed by atoms with E-state index in [-0.39, 0.29) is 22.9 Å². The van der Waals surface area contributed by atoms with Gasteiger partial charge in [0.2, 0.25) is 0 Å². The molecule has 0 N–H and O–H groups in total. The Balaban J connectivity index is 1.72. The molecule has 158 valence electrons. The van der Waals surface area contributed by atoms with Crippen molar-refractivity contribution >= 4 is 23.5 Å². The van der Waals surface area contributed by atoms with E-state index < -0.39 is 12.1 Å². The molecule has 30 heavy (non-hydrogen) atoms. The minimum Gasteiger partial charge on any atom is -0.449 e. The topological polar surface area (TPSA) is 66.9 Å². The van der Waals surface area contributed by atoms with Crippen molar-refractivity contribution in [3.63, 3.8) is 0 Å². The van der Waals surface area contributed by atoms with Gasteiger partial charge in [-0.2, -0.15) is 0 Å². The Kier molecular flexibility index (Phi) is 6.87. The number of carbonyl (C=O) groups is 3. The molecule has 0 saturated carbocycles. The maximum absolute atomic E-state index is 13.0. The van der Waals surface area contributed by atoms with Crippen LogP contribution in [0.1, 0.15) is 47.4 Å². The molecule has 2 aromatic rings. The van der Waals surface area contributed by atoms with Crippen LogP contribution < -0.4 is 4.90 Å². The molecule has 1 aliphatic heterocycles. The first-order chi connectivity index (χ1) is 14.4. The summed E-state index contributed by atoms with van der Waals surface area (Å²) in [6, 6.07) is 15.7. The quantitative estimate of drug-likeness (QED) is 0.707. The minimum absolute atomic E-state index is 0.150. The highest BCUT2D eigenvalue weighted by molar-refractivity contribution is 6.12. The standard InChI is InChI=1S/C24H28N2O4/c1-17-13-15-26(16-14-17)22(27)18(2)30-24(29)21-12-8-7-11-20(21)23(28)25(3)19-9-5-4-6-10-19/h4-12,17-18H,13-16H2,1-3H3/t18-/m0/s1. The van der Waals surface area contributed by atoms with Crippen LogP contribution in [0, 0.1) is 5.92 Å². The fraction of sp³-hybridized carbons (Fsp3) is 0.375. The number of para-hydroxylation sites is 1. The summed E-state index contributed by atoms with van der Waals surface area (Å²) in [7, 11) is 1.66. The lowest BCUT2D eigenvalue weighted by Gasteiger charge is -2.32. The van der Waals surface area contributed by atoms with Gasteiger partial charge in [-0.05, 0) is 49.9 Å². The largest absolute Gasteiger partial charge is 0.449 e. The van der Waals surface area contributed by atoms with Gasteiger partial charge in [-0.3, -0.25) is 9.59 Å². The van der Waals surface area contributed by atoms with Gasteiger partial charge in [0.05, 0.1) is 11.1 Å². The smallest absolute Gasteiger partial charge is 0.339 e. The summed E-state index contributed by atoms with van der Waals surface area (Å²) < 4.78 is 5.45. The van der Waals surface area contributed by atoms with Crippen molar-refractivity contribution in [1.82, 2.24) is 4.90 Å². The van der Waals surface area contributed by atoms with Gasteiger partial charge < -0.3 is 14.5 Å². The van der Waals surface area contributed by atoms with Crippen LogP contribution in [0.3, 0.4) is 0 Å². The van der Waals surface area contributed by atoms with E-state index in [0.29, 0.717) is 24.7 Å². The Morgan fingerprint density at radius 1 is 0.967 bits per heavy atom. The van der Waals surface area contributed by atoms with Gasteiger partial charge in [0.25, 0.3) is 11.8 Å². The number of anilines is 1. The lowest BCUT2D eigenvalue weighted by Crippen LogP contribution is -2.44. The Labute approximate surface area is 177 Å². The van der Waals surface area contributed by atoms with Crippen LogP contribution in [0.4, 0.5) is 5.69 Å². The Hall–Kier alpha value is -3.15. The predicted octanol–water partition coefficient (Wildman–Crippen LogP) is 3.77. The SMILES string of the molecule is CC1CCN(C(=O)[C@H](C)OC(=O)c2ccccc2C(=O)N(C)c2ccccc2)CC1. The second kappa shape index (κ2) is 9.57. The summed E-state index contributed by atoms with van der Waals surface area (Å²) in [6.07, 6.45) is 1.01. The molecule has 1 heterocycles. The molecule has 0 aliphatic carbocycles. The fourth-order valence-electron chi connectivity index (χ4n) is 3.56. The lowest BCUT2D eigenvalue weighted by atomic mass is 9.99. The van der Waals surface area contributed by atoms with Crippen molar-refractivity contribution in [2.75, 3.05) is 25.0 Å². The van der Waals surface area contributed by atoms with Crippen LogP contribution in [-0.2, 0) is 9.53 Å². The predicted molar refractivity (Wildman–Crippen MR) is 115 cm³/mol. The molecule has 1 atom stereocenters. The summed E-state index contributed by atoms with van der Waals surface area (Å²) in [5, 5.41) is 0. The maximum Gasteiger partial charge on any atom is 0.339 e. The summed E-state index contributed by atoms with van der Waals surface area (Å²) >= 11 is 0. The van der Waals surface area contributed by atoms with Gasteiger partial charge in [-0.25, -0.2) is 4.79 Å². The van der Waals surface area contributed by atoms with Gasteiger partial charge in [0, 0.05) is 25.8 Å². The van der Waals surface area contributed by atoms with Gasteiger partial charge in [0.15, 0.2) is 6.10 Å². The number of hydrogen-bond acceptors (Lipinski definition) is 4. The molecule has 0 bridgehead atoms. The zero-order valence-corrected chi connectivity index (χ0v) is 17.7. The van der Waals surface area contributed by atoms with Crippen LogP contribution in [0.15, 0.2) is 54.6 Å². The average molecular weight is 408 g/mol. The minimum atomic E-state index is -0.902. The third-order valence-corrected chi connectivity index (χ3v) is 5.55. The molecule has 0 aromatic heterocycles. The summed E-state index contributed by atoms with van der Waals surface area (Å²) in [4.78, 5) is 41.7. The summed E-state index contributed by atoms with van der Waals surface area (Å²) in [6.45, 7) is 5.11. The first-order valence-electron chi connectivity index (χ1n) is 10.3. The Bertz CT molecular complexity index is 904. The molecule has 3 rings (SSSR count). The van der Waals surface area contributed by atoms with E-state index >= 15 is 0 Å². The van der Waals surface area contributed by atoms with Crippen molar-refractivity contribution < 1.29 is 19.1 Å². The van der Waals surface area contributed by atoms with E-state index in [0.717, 1.165) is 12.8 Å². The first-order valence-corrected chi connectivity index (χ1v) is 10.3. The maximum atomic E-state index is 13.0. The van der Waals surface area contributed by atoms with Crippen LogP contribution in [-0.4, -0.2) is 48.9 Å². The number of nitrogens with zero attached hydrogens (tertiary/aromatic N) is 2. The molecule has 1 aliphatic rings. The second-order valence-corrected chi connectivity index (χ2v) is 7.80. The van der Waals surface area contributed by atoms with Gasteiger partial charge >= 0.3 is 5.97 Å². The number of esters is 1. The number of piperidine rings is 1. The first kappa shape index (κ1) is 21.6. The van der Waals surface area contributed by atoms with E-state index in [2.05, 4.69) is 6.92 Å². The Morgan fingerprint density at radius 2 is 1.53 bits per heavy atom. The van der Waals surface area contributed by atoms with Gasteiger partial charge in [-0.15, -0.1) is 0 Å². The number of carbonyl (C=O) groups excluding carboxylic acids is 3. The monoisotopic (exact) mass is 408 g/mol. The Morgan fingerprint density at radius 3 is 2.17 bits per heavy atom. The van der Waals surface area contributed by atoms with E-state index in [1.165, 1.54) is 4.90 Å². The molecule has 1 fully saturated rings. The van der Waals surface area contributed by atoms with E-state index in [1.807, 2.05) is 30.3 Å². The van der Waals surface area contributed by atoms with E-state index in [1.54, 1.807) is 43.1 Å². The highest BCUT2D eigenvalue weighted by Gasteiger charge is 2.28. The number of hydrogen-bond donors (Lipinski definition) is 0. The molecule has 2 amide bonds. The van der Waals surface area contributed by atoms with Crippen LogP contribution >= 0.6 is 0 Å². The summed E-state index contributed by atoms with van der Waals surface area (Å²) in [5.74, 6) is -0.587. The molecular formula is C24H28N2O4. The van der Waals surface area contributed by atoms with E-state index in [4.69, 9.17) is 4.74 Å². The molecule has 0 radical (unpaired) electrons. The third kappa shape index (κ3) is 4.87. The van der Waals surface area contributed by atoms with Gasteiger partial charge in [-0.1, -0.05) is 37.3 Å². The highest BCUT2D eigenvalue weighted by Crippen LogP contribution is 2.20. The van der Waals surface area contributed by atoms with Crippen LogP contribution in [0.5, 0.6) is 0 Å². The lowest BCUT2D eigenvalue weighted by molar-refractivity contribution is -0.141. The van der Waals surface area contributed by atoms with Gasteiger partial charge in [0.1, 0.15) is 0 Å².